The van der Waals surface area contributed by atoms with E-state index in [1.807, 2.05) is 13.8 Å². The van der Waals surface area contributed by atoms with Crippen molar-refractivity contribution >= 4 is 21.5 Å². The van der Waals surface area contributed by atoms with Gasteiger partial charge in [-0.1, -0.05) is 0 Å². The topological polar surface area (TPSA) is 80.9 Å². The summed E-state index contributed by atoms with van der Waals surface area (Å²) in [6, 6.07) is 5.96. The summed E-state index contributed by atoms with van der Waals surface area (Å²) in [4.78, 5) is 0. The molecule has 0 atom stereocenters. The van der Waals surface area contributed by atoms with Crippen molar-refractivity contribution in [2.24, 2.45) is 0 Å². The van der Waals surface area contributed by atoms with Gasteiger partial charge in [0, 0.05) is 0 Å². The van der Waals surface area contributed by atoms with Gasteiger partial charge in [0.05, 0.1) is 0 Å². The zero-order chi connectivity index (χ0) is 14.6. The van der Waals surface area contributed by atoms with Crippen LogP contribution in [0, 0.1) is 13.8 Å². The van der Waals surface area contributed by atoms with Gasteiger partial charge in [0.25, 0.3) is 0 Å². The molecule has 0 aliphatic rings. The van der Waals surface area contributed by atoms with Crippen LogP contribution in [0.1, 0.15) is 11.1 Å². The summed E-state index contributed by atoms with van der Waals surface area (Å²) in [7, 11) is 0. The molecule has 20 heavy (non-hydrogen) atoms. The van der Waals surface area contributed by atoms with Crippen molar-refractivity contribution in [1.82, 2.24) is 0 Å². The van der Waals surface area contributed by atoms with Gasteiger partial charge >= 0.3 is 0 Å². The van der Waals surface area contributed by atoms with Crippen molar-refractivity contribution in [3.63, 3.8) is 0 Å². The van der Waals surface area contributed by atoms with Gasteiger partial charge in [0.1, 0.15) is 0 Å². The van der Waals surface area contributed by atoms with Gasteiger partial charge in [-0.25, -0.2) is 0 Å². The minimum Gasteiger partial charge on any atom is -0.504 e. The predicted molar refractivity (Wildman–Crippen MR) is 77.6 cm³/mol. The summed E-state index contributed by atoms with van der Waals surface area (Å²) in [5, 5.41) is 41.8. The van der Waals surface area contributed by atoms with E-state index in [4.69, 9.17) is 0 Å². The molecule has 3 aromatic rings. The minimum atomic E-state index is -0.213. The average Bonchev–Trinajstić information content (AvgIpc) is 2.41. The molecule has 0 saturated carbocycles. The summed E-state index contributed by atoms with van der Waals surface area (Å²) in [6.45, 7) is 3.83. The van der Waals surface area contributed by atoms with E-state index in [9.17, 15) is 20.4 Å². The maximum atomic E-state index is 9.70. The summed E-state index contributed by atoms with van der Waals surface area (Å²) in [5.41, 5.74) is 1.90. The van der Waals surface area contributed by atoms with Gasteiger partial charge in [0.15, 0.2) is 23.0 Å². The monoisotopic (exact) mass is 270 g/mol. The largest absolute Gasteiger partial charge is 0.504 e. The van der Waals surface area contributed by atoms with Crippen LogP contribution in [0.2, 0.25) is 0 Å². The summed E-state index contributed by atoms with van der Waals surface area (Å²) < 4.78 is 0. The first-order chi connectivity index (χ1) is 9.40. The van der Waals surface area contributed by atoms with E-state index < -0.39 is 0 Å². The lowest BCUT2D eigenvalue weighted by Crippen LogP contribution is -1.89. The highest BCUT2D eigenvalue weighted by molar-refractivity contribution is 6.12. The van der Waals surface area contributed by atoms with Crippen molar-refractivity contribution in [2.45, 2.75) is 13.8 Å². The van der Waals surface area contributed by atoms with Crippen LogP contribution in [-0.4, -0.2) is 20.4 Å². The Kier molecular flexibility index (Phi) is 2.44. The molecule has 0 unspecified atom stereocenters. The second-order valence-corrected chi connectivity index (χ2v) is 5.02. The number of hydrogen-bond acceptors (Lipinski definition) is 4. The van der Waals surface area contributed by atoms with Gasteiger partial charge in [-0.3, -0.25) is 0 Å². The van der Waals surface area contributed by atoms with E-state index in [0.29, 0.717) is 10.8 Å². The first-order valence-corrected chi connectivity index (χ1v) is 6.20. The Morgan fingerprint density at radius 3 is 1.05 bits per heavy atom. The molecule has 4 N–H and O–H groups in total. The van der Waals surface area contributed by atoms with Gasteiger partial charge in [0.2, 0.25) is 0 Å². The zero-order valence-electron chi connectivity index (χ0n) is 11.1. The number of rotatable bonds is 0. The second kappa shape index (κ2) is 3.93. The van der Waals surface area contributed by atoms with E-state index in [0.717, 1.165) is 21.9 Å². The highest BCUT2D eigenvalue weighted by Gasteiger charge is 2.14. The van der Waals surface area contributed by atoms with Crippen molar-refractivity contribution < 1.29 is 20.4 Å². The Morgan fingerprint density at radius 1 is 0.500 bits per heavy atom. The van der Waals surface area contributed by atoms with E-state index in [2.05, 4.69) is 0 Å². The Balaban J connectivity index is 2.64. The third-order valence-corrected chi connectivity index (χ3v) is 3.89. The quantitative estimate of drug-likeness (QED) is 0.372. The van der Waals surface area contributed by atoms with E-state index in [1.165, 1.54) is 24.3 Å². The molecule has 0 spiro atoms. The Morgan fingerprint density at radius 2 is 0.750 bits per heavy atom. The first kappa shape index (κ1) is 12.4. The lowest BCUT2D eigenvalue weighted by molar-refractivity contribution is 0.404. The SMILES string of the molecule is Cc1c(C)c2cc(O)c(O)cc2c2cc(O)c(O)cc12. The number of fused-ring (bicyclic) bond motifs is 3. The van der Waals surface area contributed by atoms with E-state index >= 15 is 0 Å². The van der Waals surface area contributed by atoms with E-state index in [1.54, 1.807) is 0 Å². The molecule has 0 aromatic heterocycles. The van der Waals surface area contributed by atoms with Crippen molar-refractivity contribution in [1.29, 1.82) is 0 Å². The van der Waals surface area contributed by atoms with Crippen LogP contribution in [0.5, 0.6) is 23.0 Å². The third-order valence-electron chi connectivity index (χ3n) is 3.89. The third kappa shape index (κ3) is 1.54. The molecule has 0 radical (unpaired) electrons. The molecule has 0 saturated heterocycles. The van der Waals surface area contributed by atoms with Gasteiger partial charge in [-0.2, -0.15) is 0 Å². The van der Waals surface area contributed by atoms with Gasteiger partial charge in [-0.15, -0.1) is 0 Å². The Bertz CT molecular complexity index is 793. The molecule has 4 heteroatoms. The van der Waals surface area contributed by atoms with Crippen LogP contribution >= 0.6 is 0 Å². The molecule has 0 heterocycles. The fourth-order valence-electron chi connectivity index (χ4n) is 2.62. The number of phenols is 4. The summed E-state index contributed by atoms with van der Waals surface area (Å²) >= 11 is 0. The number of aryl methyl sites for hydroxylation is 2. The van der Waals surface area contributed by atoms with Gasteiger partial charge < -0.3 is 20.4 Å². The molecule has 0 aliphatic heterocycles. The van der Waals surface area contributed by atoms with Crippen molar-refractivity contribution in [3.05, 3.63) is 35.4 Å². The molecule has 0 aliphatic carbocycles. The van der Waals surface area contributed by atoms with Crippen molar-refractivity contribution in [2.75, 3.05) is 0 Å². The molecule has 102 valence electrons. The van der Waals surface area contributed by atoms with Crippen LogP contribution in [0.15, 0.2) is 24.3 Å². The predicted octanol–water partition coefficient (Wildman–Crippen LogP) is 3.43. The van der Waals surface area contributed by atoms with Crippen LogP contribution in [0.25, 0.3) is 21.5 Å². The number of benzene rings is 3. The maximum Gasteiger partial charge on any atom is 0.158 e. The van der Waals surface area contributed by atoms with Crippen LogP contribution in [-0.2, 0) is 0 Å². The average molecular weight is 270 g/mol. The lowest BCUT2D eigenvalue weighted by Gasteiger charge is -2.14. The van der Waals surface area contributed by atoms with Crippen LogP contribution < -0.4 is 0 Å². The number of hydrogen-bond donors (Lipinski definition) is 4. The summed E-state index contributed by atoms with van der Waals surface area (Å²) in [6.07, 6.45) is 0. The van der Waals surface area contributed by atoms with Crippen molar-refractivity contribution in [3.8, 4) is 23.0 Å². The van der Waals surface area contributed by atoms with Crippen LogP contribution in [0.3, 0.4) is 0 Å². The minimum absolute atomic E-state index is 0.178. The highest BCUT2D eigenvalue weighted by atomic mass is 16.3. The zero-order valence-corrected chi connectivity index (χ0v) is 11.1. The molecule has 0 amide bonds. The molecule has 3 aromatic carbocycles. The van der Waals surface area contributed by atoms with Crippen LogP contribution in [0.4, 0.5) is 0 Å². The van der Waals surface area contributed by atoms with Gasteiger partial charge in [-0.05, 0) is 70.8 Å². The highest BCUT2D eigenvalue weighted by Crippen LogP contribution is 2.41. The maximum absolute atomic E-state index is 9.70. The Labute approximate surface area is 115 Å². The molecule has 0 fully saturated rings. The number of aromatic hydroxyl groups is 4. The molecule has 3 rings (SSSR count). The summed E-state index contributed by atoms with van der Waals surface area (Å²) in [5.74, 6) is -0.783. The second-order valence-electron chi connectivity index (χ2n) is 5.02. The first-order valence-electron chi connectivity index (χ1n) is 6.20. The smallest absolute Gasteiger partial charge is 0.158 e. The van der Waals surface area contributed by atoms with E-state index in [-0.39, 0.29) is 23.0 Å². The normalized spacial score (nSPS) is 11.3. The molecular weight excluding hydrogens is 256 g/mol. The fourth-order valence-corrected chi connectivity index (χ4v) is 2.62. The fraction of sp³-hybridized carbons (Fsp3) is 0.125. The Hall–Kier alpha value is -2.62. The molecule has 0 bridgehead atoms. The lowest BCUT2D eigenvalue weighted by atomic mass is 9.92. The molecule has 4 nitrogen and oxygen atoms in total. The number of phenolic OH excluding ortho intramolecular Hbond substituents is 4. The molecular formula is C16H14O4. The standard InChI is InChI=1S/C16H14O4/c1-7-8(2)10-4-14(18)16(20)6-12(10)11-5-15(19)13(17)3-9(7)11/h3-6,17-20H,1-2H3.